The monoisotopic (exact) mass is 468 g/mol. The second-order valence-electron chi connectivity index (χ2n) is 11.5. The van der Waals surface area contributed by atoms with E-state index in [1.165, 1.54) is 36.0 Å². The molecule has 0 spiro atoms. The zero-order valence-electron chi connectivity index (χ0n) is 21.1. The normalized spacial score (nSPS) is 20.9. The Balaban J connectivity index is 0.00000253. The van der Waals surface area contributed by atoms with Gasteiger partial charge in [0.1, 0.15) is 0 Å². The van der Waals surface area contributed by atoms with Crippen molar-refractivity contribution in [2.75, 3.05) is 0 Å². The van der Waals surface area contributed by atoms with Crippen molar-refractivity contribution in [3.63, 3.8) is 0 Å². The van der Waals surface area contributed by atoms with Gasteiger partial charge in [-0.15, -0.1) is 0 Å². The van der Waals surface area contributed by atoms with Gasteiger partial charge in [0.25, 0.3) is 0 Å². The number of hydrogen-bond acceptors (Lipinski definition) is 0. The molecule has 0 bridgehead atoms. The van der Waals surface area contributed by atoms with E-state index in [4.69, 9.17) is 0 Å². The predicted molar refractivity (Wildman–Crippen MR) is 156 cm³/mol. The Morgan fingerprint density at radius 2 is 1.46 bits per heavy atom. The summed E-state index contributed by atoms with van der Waals surface area (Å²) in [6.45, 7) is 10.00. The molecule has 3 atom stereocenters. The topological polar surface area (TPSA) is 0 Å². The number of benzene rings is 3. The third-order valence-corrected chi connectivity index (χ3v) is 13.1. The number of rotatable bonds is 5. The molecule has 2 heteroatoms. The van der Waals surface area contributed by atoms with Crippen molar-refractivity contribution in [3.05, 3.63) is 118 Å². The summed E-state index contributed by atoms with van der Waals surface area (Å²) in [5, 5.41) is 0. The maximum atomic E-state index is 2.72. The molecule has 0 aliphatic heterocycles. The fraction of sp³-hybridized carbons (Fsp3) is 0.333. The molecule has 6 rings (SSSR count). The number of allylic oxidation sites excluding steroid dienone is 4. The third-order valence-electron chi connectivity index (χ3n) is 8.95. The van der Waals surface area contributed by atoms with Gasteiger partial charge >= 0.3 is 18.9 Å². The van der Waals surface area contributed by atoms with Crippen LogP contribution in [0.4, 0.5) is 0 Å². The molecule has 0 amide bonds. The van der Waals surface area contributed by atoms with Gasteiger partial charge in [0.2, 0.25) is 0 Å². The molecule has 35 heavy (non-hydrogen) atoms. The first kappa shape index (κ1) is 24.6. The molecule has 0 saturated carbocycles. The third kappa shape index (κ3) is 4.17. The first-order chi connectivity index (χ1) is 16.4. The van der Waals surface area contributed by atoms with Crippen LogP contribution in [0.25, 0.3) is 11.1 Å². The van der Waals surface area contributed by atoms with E-state index in [0.29, 0.717) is 17.0 Å². The van der Waals surface area contributed by atoms with Gasteiger partial charge in [-0.2, -0.15) is 0 Å². The minimum absolute atomic E-state index is 0. The zero-order valence-corrected chi connectivity index (χ0v) is 22.1. The van der Waals surface area contributed by atoms with Crippen LogP contribution in [0.1, 0.15) is 82.6 Å². The first-order valence-corrected chi connectivity index (χ1v) is 16.3. The fourth-order valence-corrected chi connectivity index (χ4v) is 10.7. The van der Waals surface area contributed by atoms with Crippen molar-refractivity contribution in [1.29, 1.82) is 0 Å². The Hall–Kier alpha value is -2.05. The summed E-state index contributed by atoms with van der Waals surface area (Å²) in [6.07, 6.45) is 10.3. The summed E-state index contributed by atoms with van der Waals surface area (Å²) in [7, 11) is -1.74. The predicted octanol–water partition coefficient (Wildman–Crippen LogP) is 8.19. The molecule has 174 valence electrons. The van der Waals surface area contributed by atoms with Gasteiger partial charge < -0.3 is 0 Å². The van der Waals surface area contributed by atoms with Crippen molar-refractivity contribution in [3.8, 4) is 0 Å². The van der Waals surface area contributed by atoms with Gasteiger partial charge in [0.05, 0.1) is 8.07 Å². The van der Waals surface area contributed by atoms with Crippen molar-refractivity contribution >= 4 is 38.1 Å². The summed E-state index contributed by atoms with van der Waals surface area (Å²) in [5.74, 6) is 0.534. The van der Waals surface area contributed by atoms with Crippen molar-refractivity contribution < 1.29 is 0 Å². The van der Waals surface area contributed by atoms with Gasteiger partial charge in [-0.05, 0) is 99.7 Å². The summed E-state index contributed by atoms with van der Waals surface area (Å²) in [6, 6.07) is 25.5. The van der Waals surface area contributed by atoms with Crippen molar-refractivity contribution in [2.24, 2.45) is 0 Å². The molecule has 0 aromatic heterocycles. The minimum atomic E-state index is -1.74. The second-order valence-corrected chi connectivity index (χ2v) is 16.4. The van der Waals surface area contributed by atoms with Crippen molar-refractivity contribution in [2.45, 2.75) is 69.6 Å². The van der Waals surface area contributed by atoms with E-state index >= 15 is 0 Å². The molecule has 0 fully saturated rings. The molecule has 0 nitrogen and oxygen atoms in total. The molecule has 3 aliphatic carbocycles. The average molecular weight is 469 g/mol. The van der Waals surface area contributed by atoms with Crippen LogP contribution in [-0.4, -0.2) is 26.9 Å². The van der Waals surface area contributed by atoms with Crippen LogP contribution in [0.15, 0.2) is 78.9 Å². The van der Waals surface area contributed by atoms with Crippen LogP contribution in [0.3, 0.4) is 0 Å². The SMILES string of the molecule is CC1=CC([Si](C)(C)C2C=C(CC(C)c3ccccc3)c3cc4c(cc32)CCC4)c2ccccc21.[LiH]. The molecule has 3 aromatic rings. The Morgan fingerprint density at radius 1 is 0.800 bits per heavy atom. The average Bonchev–Trinajstić information content (AvgIpc) is 3.55. The summed E-state index contributed by atoms with van der Waals surface area (Å²) >= 11 is 0. The van der Waals surface area contributed by atoms with Crippen LogP contribution in [0.5, 0.6) is 0 Å². The van der Waals surface area contributed by atoms with Gasteiger partial charge in [-0.25, -0.2) is 0 Å². The Kier molecular flexibility index (Phi) is 6.64. The molecule has 0 N–H and O–H groups in total. The van der Waals surface area contributed by atoms with Gasteiger partial charge in [-0.3, -0.25) is 0 Å². The standard InChI is InChI=1S/C33H36Si.Li.H/c1-22(24-11-6-5-7-12-24)17-27-21-33(31-20-26-14-10-13-25(26)19-30(27)31)34(3,4)32-18-23(2)28-15-8-9-16-29(28)32;;/h5-9,11-12,15-16,18-22,32-33H,10,13-14,17H2,1-4H3;;. The molecular weight excluding hydrogens is 431 g/mol. The Bertz CT molecular complexity index is 1310. The summed E-state index contributed by atoms with van der Waals surface area (Å²) in [5.41, 5.74) is 15.2. The summed E-state index contributed by atoms with van der Waals surface area (Å²) in [4.78, 5) is 0. The van der Waals surface area contributed by atoms with E-state index < -0.39 is 8.07 Å². The molecule has 3 aromatic carbocycles. The first-order valence-electron chi connectivity index (χ1n) is 13.1. The molecule has 0 radical (unpaired) electrons. The zero-order chi connectivity index (χ0) is 23.4. The Labute approximate surface area is 224 Å². The quantitative estimate of drug-likeness (QED) is 0.331. The fourth-order valence-electron chi connectivity index (χ4n) is 6.95. The summed E-state index contributed by atoms with van der Waals surface area (Å²) < 4.78 is 0. The van der Waals surface area contributed by atoms with Crippen LogP contribution >= 0.6 is 0 Å². The van der Waals surface area contributed by atoms with Gasteiger partial charge in [0, 0.05) is 0 Å². The number of hydrogen-bond donors (Lipinski definition) is 0. The van der Waals surface area contributed by atoms with Crippen LogP contribution in [-0.2, 0) is 12.8 Å². The molecule has 0 saturated heterocycles. The van der Waals surface area contributed by atoms with E-state index in [1.807, 2.05) is 0 Å². The Morgan fingerprint density at radius 3 is 2.23 bits per heavy atom. The second kappa shape index (κ2) is 9.44. The van der Waals surface area contributed by atoms with Crippen LogP contribution in [0, 0.1) is 0 Å². The van der Waals surface area contributed by atoms with Gasteiger partial charge in [-0.1, -0.05) is 98.9 Å². The molecule has 3 aliphatic rings. The van der Waals surface area contributed by atoms with E-state index in [-0.39, 0.29) is 18.9 Å². The van der Waals surface area contributed by atoms with E-state index in [1.54, 1.807) is 33.4 Å². The molecule has 0 heterocycles. The number of aryl methyl sites for hydroxylation is 2. The molecular formula is C33H37LiSi. The van der Waals surface area contributed by atoms with E-state index in [9.17, 15) is 0 Å². The van der Waals surface area contributed by atoms with Crippen molar-refractivity contribution in [1.82, 2.24) is 0 Å². The van der Waals surface area contributed by atoms with Crippen LogP contribution in [0.2, 0.25) is 13.1 Å². The number of fused-ring (bicyclic) bond motifs is 3. The van der Waals surface area contributed by atoms with E-state index in [2.05, 4.69) is 106 Å². The maximum absolute atomic E-state index is 2.72. The molecule has 3 unspecified atom stereocenters. The van der Waals surface area contributed by atoms with E-state index in [0.717, 1.165) is 6.42 Å². The van der Waals surface area contributed by atoms with Crippen LogP contribution < -0.4 is 0 Å². The van der Waals surface area contributed by atoms with Gasteiger partial charge in [0.15, 0.2) is 0 Å².